The molecule has 1 rings (SSSR count). The molecule has 0 aromatic heterocycles. The quantitative estimate of drug-likeness (QED) is 0.405. The van der Waals surface area contributed by atoms with Crippen LogP contribution in [0.4, 0.5) is 5.69 Å². The molecule has 0 saturated carbocycles. The molecule has 118 valence electrons. The Morgan fingerprint density at radius 1 is 1.29 bits per heavy atom. The lowest BCUT2D eigenvalue weighted by Crippen LogP contribution is -2.30. The van der Waals surface area contributed by atoms with Crippen LogP contribution in [0.25, 0.3) is 0 Å². The Kier molecular flexibility index (Phi) is 7.02. The lowest BCUT2D eigenvalue weighted by Gasteiger charge is -2.31. The van der Waals surface area contributed by atoms with Crippen molar-refractivity contribution in [3.8, 4) is 5.75 Å². The molecule has 0 unspecified atom stereocenters. The highest BCUT2D eigenvalue weighted by Crippen LogP contribution is 2.34. The number of nitrogens with zero attached hydrogens (tertiary/aromatic N) is 1. The smallest absolute Gasteiger partial charge is 0.310 e. The van der Waals surface area contributed by atoms with Crippen LogP contribution in [-0.2, 0) is 0 Å². The Bertz CT molecular complexity index is 471. The molecule has 0 amide bonds. The highest BCUT2D eigenvalue weighted by atomic mass is 32.1. The van der Waals surface area contributed by atoms with Gasteiger partial charge in [0, 0.05) is 11.5 Å². The average molecular weight is 311 g/mol. The van der Waals surface area contributed by atoms with Crippen LogP contribution in [0.15, 0.2) is 18.2 Å². The Balaban J connectivity index is 2.93. The van der Waals surface area contributed by atoms with Crippen LogP contribution in [0.3, 0.4) is 0 Å². The monoisotopic (exact) mass is 311 g/mol. The first-order valence-electron chi connectivity index (χ1n) is 7.46. The predicted octanol–water partition coefficient (Wildman–Crippen LogP) is 4.80. The number of benzene rings is 1. The first kappa shape index (κ1) is 17.8. The number of nitro benzene ring substituents is 1. The van der Waals surface area contributed by atoms with Gasteiger partial charge < -0.3 is 4.74 Å². The molecule has 0 radical (unpaired) electrons. The van der Waals surface area contributed by atoms with Gasteiger partial charge in [-0.3, -0.25) is 10.1 Å². The minimum Gasteiger partial charge on any atom is -0.486 e. The van der Waals surface area contributed by atoms with Crippen LogP contribution >= 0.6 is 12.6 Å². The normalized spacial score (nSPS) is 11.4. The maximum Gasteiger partial charge on any atom is 0.310 e. The van der Waals surface area contributed by atoms with Gasteiger partial charge in [0.2, 0.25) is 0 Å². The zero-order valence-electron chi connectivity index (χ0n) is 13.1. The van der Waals surface area contributed by atoms with Gasteiger partial charge in [-0.1, -0.05) is 32.8 Å². The third kappa shape index (κ3) is 4.92. The van der Waals surface area contributed by atoms with Crippen molar-refractivity contribution in [2.75, 3.05) is 12.4 Å². The van der Waals surface area contributed by atoms with E-state index in [0.29, 0.717) is 12.4 Å². The van der Waals surface area contributed by atoms with Gasteiger partial charge in [0.15, 0.2) is 5.75 Å². The third-order valence-electron chi connectivity index (χ3n) is 3.74. The maximum atomic E-state index is 11.1. The van der Waals surface area contributed by atoms with E-state index in [4.69, 9.17) is 4.74 Å². The molecule has 21 heavy (non-hydrogen) atoms. The lowest BCUT2D eigenvalue weighted by molar-refractivity contribution is -0.386. The topological polar surface area (TPSA) is 52.4 Å². The molecule has 0 aliphatic carbocycles. The Hall–Kier alpha value is -1.23. The zero-order valence-corrected chi connectivity index (χ0v) is 14.0. The number of aryl methyl sites for hydroxylation is 1. The molecule has 1 aromatic rings. The first-order chi connectivity index (χ1) is 9.98. The molecule has 0 bridgehead atoms. The summed E-state index contributed by atoms with van der Waals surface area (Å²) in [6.07, 6.45) is 4.15. The van der Waals surface area contributed by atoms with Crippen molar-refractivity contribution in [2.24, 2.45) is 5.41 Å². The summed E-state index contributed by atoms with van der Waals surface area (Å²) >= 11 is 4.49. The van der Waals surface area contributed by atoms with Gasteiger partial charge in [-0.25, -0.2) is 0 Å². The summed E-state index contributed by atoms with van der Waals surface area (Å²) in [6.45, 7) is 6.66. The SMILES string of the molecule is CCCC(CS)(CCC)COc1cc(C)ccc1[N+](=O)[O-]. The fourth-order valence-corrected chi connectivity index (χ4v) is 3.06. The van der Waals surface area contributed by atoms with E-state index < -0.39 is 4.92 Å². The minimum atomic E-state index is -0.392. The van der Waals surface area contributed by atoms with E-state index >= 15 is 0 Å². The fourth-order valence-electron chi connectivity index (χ4n) is 2.65. The van der Waals surface area contributed by atoms with Crippen LogP contribution in [0, 0.1) is 22.5 Å². The van der Waals surface area contributed by atoms with E-state index in [9.17, 15) is 10.1 Å². The first-order valence-corrected chi connectivity index (χ1v) is 8.10. The highest BCUT2D eigenvalue weighted by Gasteiger charge is 2.29. The molecule has 0 spiro atoms. The molecule has 1 aromatic carbocycles. The van der Waals surface area contributed by atoms with E-state index in [1.165, 1.54) is 6.07 Å². The Morgan fingerprint density at radius 2 is 1.90 bits per heavy atom. The van der Waals surface area contributed by atoms with Gasteiger partial charge in [-0.15, -0.1) is 0 Å². The summed E-state index contributed by atoms with van der Waals surface area (Å²) in [6, 6.07) is 4.97. The van der Waals surface area contributed by atoms with Crippen LogP contribution in [0.1, 0.15) is 45.1 Å². The number of rotatable bonds is 9. The van der Waals surface area contributed by atoms with Crippen LogP contribution in [0.5, 0.6) is 5.75 Å². The van der Waals surface area contributed by atoms with Gasteiger partial charge in [0.05, 0.1) is 11.5 Å². The van der Waals surface area contributed by atoms with E-state index in [-0.39, 0.29) is 11.1 Å². The molecule has 0 aliphatic rings. The van der Waals surface area contributed by atoms with Gasteiger partial charge in [-0.05, 0) is 37.1 Å². The minimum absolute atomic E-state index is 0.00970. The van der Waals surface area contributed by atoms with E-state index in [1.807, 2.05) is 6.92 Å². The summed E-state index contributed by atoms with van der Waals surface area (Å²) in [4.78, 5) is 10.7. The summed E-state index contributed by atoms with van der Waals surface area (Å²) in [5, 5.41) is 11.1. The van der Waals surface area contributed by atoms with Crippen molar-refractivity contribution >= 4 is 18.3 Å². The molecular weight excluding hydrogens is 286 g/mol. The molecule has 0 heterocycles. The average Bonchev–Trinajstić information content (AvgIpc) is 2.45. The largest absolute Gasteiger partial charge is 0.486 e. The number of nitro groups is 1. The molecule has 0 fully saturated rings. The van der Waals surface area contributed by atoms with Crippen molar-refractivity contribution in [1.29, 1.82) is 0 Å². The van der Waals surface area contributed by atoms with Crippen LogP contribution < -0.4 is 4.74 Å². The van der Waals surface area contributed by atoms with Gasteiger partial charge in [0.1, 0.15) is 0 Å². The Labute approximate surface area is 132 Å². The number of hydrogen-bond acceptors (Lipinski definition) is 4. The second-order valence-corrected chi connectivity index (χ2v) is 5.99. The number of hydrogen-bond donors (Lipinski definition) is 1. The van der Waals surface area contributed by atoms with Crippen LogP contribution in [-0.4, -0.2) is 17.3 Å². The summed E-state index contributed by atoms with van der Waals surface area (Å²) in [7, 11) is 0. The molecule has 0 N–H and O–H groups in total. The molecule has 4 nitrogen and oxygen atoms in total. The summed E-state index contributed by atoms with van der Waals surface area (Å²) < 4.78 is 5.85. The van der Waals surface area contributed by atoms with Crippen LogP contribution in [0.2, 0.25) is 0 Å². The third-order valence-corrected chi connectivity index (χ3v) is 4.41. The van der Waals surface area contributed by atoms with Crippen molar-refractivity contribution in [3.63, 3.8) is 0 Å². The second-order valence-electron chi connectivity index (χ2n) is 5.68. The van der Waals surface area contributed by atoms with E-state index in [1.54, 1.807) is 12.1 Å². The Morgan fingerprint density at radius 3 is 2.38 bits per heavy atom. The van der Waals surface area contributed by atoms with Crippen molar-refractivity contribution in [2.45, 2.75) is 46.5 Å². The maximum absolute atomic E-state index is 11.1. The van der Waals surface area contributed by atoms with Crippen molar-refractivity contribution in [3.05, 3.63) is 33.9 Å². The summed E-state index contributed by atoms with van der Waals surface area (Å²) in [5.74, 6) is 1.09. The molecule has 0 aliphatic heterocycles. The molecule has 0 saturated heterocycles. The second kappa shape index (κ2) is 8.27. The van der Waals surface area contributed by atoms with Gasteiger partial charge in [-0.2, -0.15) is 12.6 Å². The molecular formula is C16H25NO3S. The van der Waals surface area contributed by atoms with Gasteiger partial charge in [0.25, 0.3) is 0 Å². The fraction of sp³-hybridized carbons (Fsp3) is 0.625. The lowest BCUT2D eigenvalue weighted by atomic mass is 9.82. The van der Waals surface area contributed by atoms with Gasteiger partial charge >= 0.3 is 5.69 Å². The number of thiol groups is 1. The van der Waals surface area contributed by atoms with E-state index in [0.717, 1.165) is 37.0 Å². The number of ether oxygens (including phenoxy) is 1. The summed E-state index contributed by atoms with van der Waals surface area (Å²) in [5.41, 5.74) is 0.976. The predicted molar refractivity (Wildman–Crippen MR) is 89.4 cm³/mol. The molecule has 5 heteroatoms. The highest BCUT2D eigenvalue weighted by molar-refractivity contribution is 7.80. The van der Waals surface area contributed by atoms with Crippen molar-refractivity contribution in [1.82, 2.24) is 0 Å². The van der Waals surface area contributed by atoms with E-state index in [2.05, 4.69) is 26.5 Å². The molecule has 0 atom stereocenters. The zero-order chi connectivity index (χ0) is 15.9. The van der Waals surface area contributed by atoms with Crippen molar-refractivity contribution < 1.29 is 9.66 Å². The standard InChI is InChI=1S/C16H25NO3S/c1-4-8-16(12-21,9-5-2)11-20-15-10-13(3)6-7-14(15)17(18)19/h6-7,10,21H,4-5,8-9,11-12H2,1-3H3.